The highest BCUT2D eigenvalue weighted by molar-refractivity contribution is 6.30. The maximum Gasteiger partial charge on any atom is 0.269 e. The summed E-state index contributed by atoms with van der Waals surface area (Å²) in [5.74, 6) is -0.217. The molecule has 0 atom stereocenters. The van der Waals surface area contributed by atoms with E-state index in [2.05, 4.69) is 31.1 Å². The van der Waals surface area contributed by atoms with Crippen LogP contribution in [0.15, 0.2) is 77.2 Å². The molecule has 0 bridgehead atoms. The highest BCUT2D eigenvalue weighted by atomic mass is 35.5. The highest BCUT2D eigenvalue weighted by Crippen LogP contribution is 2.28. The zero-order valence-electron chi connectivity index (χ0n) is 20.9. The topological polar surface area (TPSA) is 96.5 Å². The largest absolute Gasteiger partial charge is 0.438 e. The van der Waals surface area contributed by atoms with Gasteiger partial charge in [-0.15, -0.1) is 0 Å². The second kappa shape index (κ2) is 10.3. The van der Waals surface area contributed by atoms with Crippen LogP contribution in [-0.2, 0) is 10.2 Å². The molecule has 0 spiro atoms. The van der Waals surface area contributed by atoms with Gasteiger partial charge in [-0.05, 0) is 72.0 Å². The van der Waals surface area contributed by atoms with Crippen LogP contribution in [0.5, 0.6) is 11.6 Å². The van der Waals surface area contributed by atoms with Gasteiger partial charge in [-0.1, -0.05) is 50.6 Å². The van der Waals surface area contributed by atoms with E-state index >= 15 is 0 Å². The highest BCUT2D eigenvalue weighted by Gasteiger charge is 2.19. The third-order valence-electron chi connectivity index (χ3n) is 5.74. The van der Waals surface area contributed by atoms with Crippen LogP contribution in [0.1, 0.15) is 37.5 Å². The summed E-state index contributed by atoms with van der Waals surface area (Å²) in [4.78, 5) is 30.9. The smallest absolute Gasteiger partial charge is 0.269 e. The summed E-state index contributed by atoms with van der Waals surface area (Å²) in [6.45, 7) is 8.16. The van der Waals surface area contributed by atoms with Crippen LogP contribution in [0.2, 0.25) is 5.02 Å². The Morgan fingerprint density at radius 2 is 1.78 bits per heavy atom. The van der Waals surface area contributed by atoms with Gasteiger partial charge in [0, 0.05) is 16.9 Å². The zero-order valence-corrected chi connectivity index (χ0v) is 21.6. The van der Waals surface area contributed by atoms with Crippen LogP contribution in [0, 0.1) is 18.3 Å². The molecule has 2 heterocycles. The number of benzene rings is 2. The van der Waals surface area contributed by atoms with Crippen molar-refractivity contribution in [2.45, 2.75) is 33.1 Å². The molecular formula is C29H25ClN4O3. The van der Waals surface area contributed by atoms with E-state index in [1.54, 1.807) is 48.7 Å². The lowest BCUT2D eigenvalue weighted by atomic mass is 9.87. The van der Waals surface area contributed by atoms with E-state index in [1.807, 2.05) is 31.2 Å². The summed E-state index contributed by atoms with van der Waals surface area (Å²) in [6, 6.07) is 19.4. The number of carbonyl (C=O) groups is 1. The number of rotatable bonds is 5. The van der Waals surface area contributed by atoms with Crippen LogP contribution in [0.3, 0.4) is 0 Å². The lowest BCUT2D eigenvalue weighted by Gasteiger charge is -2.19. The molecule has 8 heteroatoms. The number of aromatic nitrogens is 2. The Balaban J connectivity index is 1.80. The Hall–Kier alpha value is -4.41. The van der Waals surface area contributed by atoms with E-state index in [4.69, 9.17) is 16.3 Å². The normalized spacial score (nSPS) is 11.7. The van der Waals surface area contributed by atoms with Crippen LogP contribution < -0.4 is 15.6 Å². The molecule has 1 amide bonds. The number of hydrogen-bond donors (Lipinski definition) is 1. The van der Waals surface area contributed by atoms with Crippen LogP contribution >= 0.6 is 11.6 Å². The molecule has 4 aromatic rings. The molecule has 186 valence electrons. The Morgan fingerprint density at radius 3 is 2.41 bits per heavy atom. The van der Waals surface area contributed by atoms with Gasteiger partial charge in [-0.2, -0.15) is 10.2 Å². The first-order valence-electron chi connectivity index (χ1n) is 11.6. The van der Waals surface area contributed by atoms with E-state index in [1.165, 1.54) is 10.5 Å². The van der Waals surface area contributed by atoms with Gasteiger partial charge in [0.25, 0.3) is 11.5 Å². The monoisotopic (exact) mass is 512 g/mol. The molecule has 37 heavy (non-hydrogen) atoms. The number of halogens is 1. The average molecular weight is 513 g/mol. The summed E-state index contributed by atoms with van der Waals surface area (Å²) < 4.78 is 7.42. The van der Waals surface area contributed by atoms with E-state index < -0.39 is 11.5 Å². The van der Waals surface area contributed by atoms with E-state index in [0.717, 1.165) is 11.1 Å². The second-order valence-corrected chi connectivity index (χ2v) is 9.96. The standard InChI is InChI=1S/C29H25ClN4O3/c1-18-6-5-15-34-25(18)33-27(37-23-13-7-20(8-14-23)29(2,3)4)24(28(34)36)16-19(17-31)26(35)32-22-11-9-21(30)10-12-22/h5-16H,1-4H3,(H,32,35)/b19-16-. The Kier molecular flexibility index (Phi) is 7.14. The van der Waals surface area contributed by atoms with Crippen LogP contribution in [0.25, 0.3) is 11.7 Å². The SMILES string of the molecule is Cc1cccn2c(=O)c(/C=C(/C#N)C(=O)Nc3ccc(Cl)cc3)c(Oc3ccc(C(C)(C)C)cc3)nc12. The minimum atomic E-state index is -0.681. The van der Waals surface area contributed by atoms with Gasteiger partial charge in [0.15, 0.2) is 0 Å². The van der Waals surface area contributed by atoms with Gasteiger partial charge in [-0.3, -0.25) is 14.0 Å². The fourth-order valence-corrected chi connectivity index (χ4v) is 3.78. The second-order valence-electron chi connectivity index (χ2n) is 9.53. The lowest BCUT2D eigenvalue weighted by molar-refractivity contribution is -0.112. The summed E-state index contributed by atoms with van der Waals surface area (Å²) >= 11 is 5.90. The summed E-state index contributed by atoms with van der Waals surface area (Å²) in [5.41, 5.74) is 1.94. The number of nitrogens with one attached hydrogen (secondary N) is 1. The molecule has 2 aromatic heterocycles. The maximum atomic E-state index is 13.5. The molecule has 0 aliphatic carbocycles. The minimum absolute atomic E-state index is 0.00477. The van der Waals surface area contributed by atoms with Crippen molar-refractivity contribution in [2.24, 2.45) is 0 Å². The van der Waals surface area contributed by atoms with Crippen molar-refractivity contribution < 1.29 is 9.53 Å². The molecular weight excluding hydrogens is 488 g/mol. The summed E-state index contributed by atoms with van der Waals surface area (Å²) in [7, 11) is 0. The third-order valence-corrected chi connectivity index (χ3v) is 5.99. The van der Waals surface area contributed by atoms with Crippen LogP contribution in [0.4, 0.5) is 5.69 Å². The Morgan fingerprint density at radius 1 is 1.11 bits per heavy atom. The molecule has 7 nitrogen and oxygen atoms in total. The number of carbonyl (C=O) groups excluding carboxylic acids is 1. The van der Waals surface area contributed by atoms with E-state index in [9.17, 15) is 14.9 Å². The summed E-state index contributed by atoms with van der Waals surface area (Å²) in [6.07, 6.45) is 2.78. The number of anilines is 1. The molecule has 0 aliphatic rings. The Bertz CT molecular complexity index is 1610. The first kappa shape index (κ1) is 25.7. The quantitative estimate of drug-likeness (QED) is 0.250. The van der Waals surface area contributed by atoms with Gasteiger partial charge >= 0.3 is 0 Å². The molecule has 0 radical (unpaired) electrons. The van der Waals surface area contributed by atoms with Crippen molar-refractivity contribution >= 4 is 34.9 Å². The van der Waals surface area contributed by atoms with Crippen molar-refractivity contribution in [3.8, 4) is 17.7 Å². The van der Waals surface area contributed by atoms with Gasteiger partial charge in [0.2, 0.25) is 5.88 Å². The fraction of sp³-hybridized carbons (Fsp3) is 0.172. The number of nitriles is 1. The van der Waals surface area contributed by atoms with Gasteiger partial charge < -0.3 is 10.1 Å². The van der Waals surface area contributed by atoms with Crippen LogP contribution in [-0.4, -0.2) is 15.3 Å². The number of hydrogen-bond acceptors (Lipinski definition) is 5. The number of ether oxygens (including phenoxy) is 1. The molecule has 0 saturated carbocycles. The zero-order chi connectivity index (χ0) is 26.7. The Labute approximate surface area is 219 Å². The summed E-state index contributed by atoms with van der Waals surface area (Å²) in [5, 5.41) is 12.9. The minimum Gasteiger partial charge on any atom is -0.438 e. The molecule has 1 N–H and O–H groups in total. The maximum absolute atomic E-state index is 13.5. The molecule has 0 unspecified atom stereocenters. The number of nitrogens with zero attached hydrogens (tertiary/aromatic N) is 3. The van der Waals surface area contributed by atoms with Gasteiger partial charge in [-0.25, -0.2) is 0 Å². The van der Waals surface area contributed by atoms with E-state index in [0.29, 0.717) is 22.1 Å². The van der Waals surface area contributed by atoms with Gasteiger partial charge in [0.1, 0.15) is 28.6 Å². The molecule has 0 saturated heterocycles. The first-order valence-corrected chi connectivity index (χ1v) is 11.9. The number of pyridine rings is 1. The van der Waals surface area contributed by atoms with E-state index in [-0.39, 0.29) is 22.4 Å². The molecule has 4 rings (SSSR count). The lowest BCUT2D eigenvalue weighted by Crippen LogP contribution is -2.20. The fourth-order valence-electron chi connectivity index (χ4n) is 3.65. The van der Waals surface area contributed by atoms with Crippen molar-refractivity contribution in [1.82, 2.24) is 9.38 Å². The molecule has 0 aliphatic heterocycles. The molecule has 0 fully saturated rings. The predicted octanol–water partition coefficient (Wildman–Crippen LogP) is 6.29. The molecule has 2 aromatic carbocycles. The third kappa shape index (κ3) is 5.71. The number of fused-ring (bicyclic) bond motifs is 1. The van der Waals surface area contributed by atoms with Crippen molar-refractivity contribution in [3.63, 3.8) is 0 Å². The predicted molar refractivity (Wildman–Crippen MR) is 145 cm³/mol. The number of amides is 1. The van der Waals surface area contributed by atoms with Crippen molar-refractivity contribution in [1.29, 1.82) is 5.26 Å². The van der Waals surface area contributed by atoms with Crippen molar-refractivity contribution in [2.75, 3.05) is 5.32 Å². The van der Waals surface area contributed by atoms with Crippen molar-refractivity contribution in [3.05, 3.63) is 105 Å². The average Bonchev–Trinajstić information content (AvgIpc) is 2.86. The number of aryl methyl sites for hydroxylation is 1. The van der Waals surface area contributed by atoms with Gasteiger partial charge in [0.05, 0.1) is 0 Å². The first-order chi connectivity index (χ1) is 17.6.